The lowest BCUT2D eigenvalue weighted by Gasteiger charge is -2.14. The van der Waals surface area contributed by atoms with E-state index in [1.54, 1.807) is 18.4 Å². The van der Waals surface area contributed by atoms with Gasteiger partial charge in [0.2, 0.25) is 0 Å². The first kappa shape index (κ1) is 19.6. The standard InChI is InChI=1S/C15H22N6S.HI/c1-11-8-18-14(22-11)10-20-15(16-2)19-9-12-5-6-17-13(7-12)21(3)4;/h5-8H,9-10H2,1-4H3,(H2,16,19,20);1H. The second-order valence-corrected chi connectivity index (χ2v) is 6.38. The zero-order chi connectivity index (χ0) is 15.9. The van der Waals surface area contributed by atoms with Gasteiger partial charge < -0.3 is 15.5 Å². The zero-order valence-electron chi connectivity index (χ0n) is 13.8. The topological polar surface area (TPSA) is 65.4 Å². The molecule has 8 heteroatoms. The molecule has 0 amide bonds. The molecule has 2 rings (SSSR count). The highest BCUT2D eigenvalue weighted by molar-refractivity contribution is 14.0. The molecule has 23 heavy (non-hydrogen) atoms. The van der Waals surface area contributed by atoms with Crippen molar-refractivity contribution in [2.75, 3.05) is 26.0 Å². The normalized spacial score (nSPS) is 10.9. The average molecular weight is 446 g/mol. The summed E-state index contributed by atoms with van der Waals surface area (Å²) in [5.41, 5.74) is 1.16. The third kappa shape index (κ3) is 6.30. The van der Waals surface area contributed by atoms with E-state index in [9.17, 15) is 0 Å². The van der Waals surface area contributed by atoms with E-state index in [0.717, 1.165) is 22.3 Å². The van der Waals surface area contributed by atoms with Gasteiger partial charge in [0.15, 0.2) is 5.96 Å². The van der Waals surface area contributed by atoms with Gasteiger partial charge in [0.05, 0.1) is 6.54 Å². The Hall–Kier alpha value is -1.42. The van der Waals surface area contributed by atoms with Gasteiger partial charge in [-0.05, 0) is 24.6 Å². The molecular weight excluding hydrogens is 423 g/mol. The smallest absolute Gasteiger partial charge is 0.191 e. The van der Waals surface area contributed by atoms with Crippen molar-refractivity contribution in [3.05, 3.63) is 40.0 Å². The van der Waals surface area contributed by atoms with Crippen molar-refractivity contribution in [3.8, 4) is 0 Å². The number of nitrogens with zero attached hydrogens (tertiary/aromatic N) is 4. The molecule has 0 aliphatic carbocycles. The summed E-state index contributed by atoms with van der Waals surface area (Å²) in [4.78, 5) is 16.1. The number of aryl methyl sites for hydroxylation is 1. The first-order valence-corrected chi connectivity index (χ1v) is 7.88. The Morgan fingerprint density at radius 2 is 2.00 bits per heavy atom. The molecule has 2 N–H and O–H groups in total. The molecule has 2 aromatic heterocycles. The summed E-state index contributed by atoms with van der Waals surface area (Å²) >= 11 is 1.69. The quantitative estimate of drug-likeness (QED) is 0.420. The molecule has 0 radical (unpaired) electrons. The van der Waals surface area contributed by atoms with Crippen LogP contribution in [0.3, 0.4) is 0 Å². The molecule has 0 aromatic carbocycles. The first-order valence-electron chi connectivity index (χ1n) is 7.06. The van der Waals surface area contributed by atoms with Crippen molar-refractivity contribution in [2.24, 2.45) is 4.99 Å². The van der Waals surface area contributed by atoms with Crippen LogP contribution in [-0.2, 0) is 13.1 Å². The monoisotopic (exact) mass is 446 g/mol. The number of rotatable bonds is 5. The van der Waals surface area contributed by atoms with Crippen LogP contribution in [0.15, 0.2) is 29.5 Å². The van der Waals surface area contributed by atoms with Gasteiger partial charge in [-0.2, -0.15) is 0 Å². The van der Waals surface area contributed by atoms with Crippen molar-refractivity contribution < 1.29 is 0 Å². The predicted molar refractivity (Wildman–Crippen MR) is 108 cm³/mol. The van der Waals surface area contributed by atoms with Crippen LogP contribution in [0.25, 0.3) is 0 Å². The molecule has 0 unspecified atom stereocenters. The molecule has 0 saturated heterocycles. The Bertz CT molecular complexity index is 640. The number of aromatic nitrogens is 2. The van der Waals surface area contributed by atoms with E-state index in [1.165, 1.54) is 4.88 Å². The third-order valence-corrected chi connectivity index (χ3v) is 3.94. The van der Waals surface area contributed by atoms with Crippen LogP contribution >= 0.6 is 35.3 Å². The SMILES string of the molecule is CN=C(NCc1ccnc(N(C)C)c1)NCc1ncc(C)s1.I. The molecule has 0 aliphatic heterocycles. The minimum atomic E-state index is 0. The van der Waals surface area contributed by atoms with E-state index in [2.05, 4.69) is 38.6 Å². The molecule has 0 spiro atoms. The molecule has 0 aliphatic rings. The Morgan fingerprint density at radius 3 is 2.61 bits per heavy atom. The van der Waals surface area contributed by atoms with E-state index >= 15 is 0 Å². The van der Waals surface area contributed by atoms with Crippen molar-refractivity contribution in [3.63, 3.8) is 0 Å². The molecule has 2 aromatic rings. The van der Waals surface area contributed by atoms with Gasteiger partial charge in [-0.25, -0.2) is 9.97 Å². The largest absolute Gasteiger partial charge is 0.363 e. The third-order valence-electron chi connectivity index (χ3n) is 3.03. The maximum absolute atomic E-state index is 4.33. The summed E-state index contributed by atoms with van der Waals surface area (Å²) in [5, 5.41) is 7.62. The number of nitrogens with one attached hydrogen (secondary N) is 2. The van der Waals surface area contributed by atoms with Crippen molar-refractivity contribution in [1.29, 1.82) is 0 Å². The number of anilines is 1. The summed E-state index contributed by atoms with van der Waals surface area (Å²) in [6, 6.07) is 4.06. The van der Waals surface area contributed by atoms with Crippen LogP contribution in [0.4, 0.5) is 5.82 Å². The number of guanidine groups is 1. The van der Waals surface area contributed by atoms with Crippen LogP contribution in [0.5, 0.6) is 0 Å². The summed E-state index contributed by atoms with van der Waals surface area (Å²) in [6.07, 6.45) is 3.71. The number of halogens is 1. The molecular formula is C15H23IN6S. The van der Waals surface area contributed by atoms with E-state index in [1.807, 2.05) is 37.5 Å². The average Bonchev–Trinajstić information content (AvgIpc) is 2.93. The number of pyridine rings is 1. The predicted octanol–water partition coefficient (Wildman–Crippen LogP) is 2.40. The Balaban J connectivity index is 0.00000264. The molecule has 0 saturated carbocycles. The molecule has 2 heterocycles. The number of hydrogen-bond donors (Lipinski definition) is 2. The van der Waals surface area contributed by atoms with Gasteiger partial charge in [0.25, 0.3) is 0 Å². The summed E-state index contributed by atoms with van der Waals surface area (Å²) in [7, 11) is 5.73. The lowest BCUT2D eigenvalue weighted by Crippen LogP contribution is -2.36. The van der Waals surface area contributed by atoms with Gasteiger partial charge in [0.1, 0.15) is 10.8 Å². The van der Waals surface area contributed by atoms with Crippen molar-refractivity contribution >= 4 is 47.1 Å². The first-order chi connectivity index (χ1) is 10.6. The highest BCUT2D eigenvalue weighted by atomic mass is 127. The fraction of sp³-hybridized carbons (Fsp3) is 0.400. The Kier molecular flexibility index (Phi) is 8.24. The van der Waals surface area contributed by atoms with E-state index in [4.69, 9.17) is 0 Å². The van der Waals surface area contributed by atoms with Crippen LogP contribution in [-0.4, -0.2) is 37.1 Å². The van der Waals surface area contributed by atoms with Gasteiger partial charge >= 0.3 is 0 Å². The number of thiazole rings is 1. The fourth-order valence-electron chi connectivity index (χ4n) is 1.86. The summed E-state index contributed by atoms with van der Waals surface area (Å²) in [5.74, 6) is 1.71. The number of aliphatic imine (C=N–C) groups is 1. The Morgan fingerprint density at radius 1 is 1.26 bits per heavy atom. The van der Waals surface area contributed by atoms with Crippen LogP contribution < -0.4 is 15.5 Å². The second-order valence-electron chi connectivity index (χ2n) is 5.06. The fourth-order valence-corrected chi connectivity index (χ4v) is 2.59. The second kappa shape index (κ2) is 9.66. The molecule has 0 bridgehead atoms. The molecule has 126 valence electrons. The van der Waals surface area contributed by atoms with E-state index < -0.39 is 0 Å². The minimum Gasteiger partial charge on any atom is -0.363 e. The maximum atomic E-state index is 4.33. The maximum Gasteiger partial charge on any atom is 0.191 e. The van der Waals surface area contributed by atoms with Crippen LogP contribution in [0, 0.1) is 6.92 Å². The summed E-state index contributed by atoms with van der Waals surface area (Å²) in [6.45, 7) is 3.43. The van der Waals surface area contributed by atoms with Gasteiger partial charge in [-0.15, -0.1) is 35.3 Å². The zero-order valence-corrected chi connectivity index (χ0v) is 17.0. The molecule has 6 nitrogen and oxygen atoms in total. The number of hydrogen-bond acceptors (Lipinski definition) is 5. The lowest BCUT2D eigenvalue weighted by molar-refractivity contribution is 0.804. The molecule has 0 atom stereocenters. The van der Waals surface area contributed by atoms with Gasteiger partial charge in [0, 0.05) is 45.0 Å². The highest BCUT2D eigenvalue weighted by Gasteiger charge is 2.03. The molecule has 0 fully saturated rings. The van der Waals surface area contributed by atoms with Crippen LogP contribution in [0.2, 0.25) is 0 Å². The van der Waals surface area contributed by atoms with E-state index in [0.29, 0.717) is 13.1 Å². The van der Waals surface area contributed by atoms with Crippen molar-refractivity contribution in [2.45, 2.75) is 20.0 Å². The highest BCUT2D eigenvalue weighted by Crippen LogP contribution is 2.11. The lowest BCUT2D eigenvalue weighted by atomic mass is 10.2. The van der Waals surface area contributed by atoms with Gasteiger partial charge in [-0.1, -0.05) is 0 Å². The minimum absolute atomic E-state index is 0. The van der Waals surface area contributed by atoms with E-state index in [-0.39, 0.29) is 24.0 Å². The van der Waals surface area contributed by atoms with Crippen LogP contribution in [0.1, 0.15) is 15.4 Å². The Labute approximate surface area is 158 Å². The van der Waals surface area contributed by atoms with Gasteiger partial charge in [-0.3, -0.25) is 4.99 Å². The summed E-state index contributed by atoms with van der Waals surface area (Å²) < 4.78 is 0. The van der Waals surface area contributed by atoms with Crippen molar-refractivity contribution in [1.82, 2.24) is 20.6 Å².